The molecule has 3 fully saturated rings. The van der Waals surface area contributed by atoms with Gasteiger partial charge in [0, 0.05) is 26.2 Å². The number of hydrogen-bond donors (Lipinski definition) is 1. The van der Waals surface area contributed by atoms with E-state index in [2.05, 4.69) is 20.1 Å². The highest BCUT2D eigenvalue weighted by Gasteiger charge is 2.79. The largest absolute Gasteiger partial charge is 0.394 e. The highest BCUT2D eigenvalue weighted by atomic mass is 16.5. The standard InChI is InChI=1S/C35H51N3O5/c1-7-12-22-36(20-8-2)33(42)30-35-19-18-34(11-5,43-35)28(29(35)32(41)38(30)27(24-39)25(6)10-4)31(40)37(21-9-3)23-26-16-14-13-15-17-26/h8-9,13-17,25,27-30,39H,2-3,7,10-12,18-24H2,1,4-6H3/t25-,27-,28+,29-,30?,34-,35?/m0/s1. The molecule has 1 spiro atoms. The molecule has 0 saturated carbocycles. The van der Waals surface area contributed by atoms with Crippen molar-refractivity contribution >= 4 is 17.7 Å². The molecular weight excluding hydrogens is 542 g/mol. The van der Waals surface area contributed by atoms with Gasteiger partial charge < -0.3 is 24.5 Å². The van der Waals surface area contributed by atoms with Crippen molar-refractivity contribution in [3.05, 3.63) is 61.2 Å². The second-order valence-corrected chi connectivity index (χ2v) is 12.6. The van der Waals surface area contributed by atoms with Crippen molar-refractivity contribution in [3.8, 4) is 0 Å². The summed E-state index contributed by atoms with van der Waals surface area (Å²) in [5, 5.41) is 10.7. The molecule has 2 bridgehead atoms. The fraction of sp³-hybridized carbons (Fsp3) is 0.629. The lowest BCUT2D eigenvalue weighted by molar-refractivity contribution is -0.159. The smallest absolute Gasteiger partial charge is 0.248 e. The number of nitrogens with zero attached hydrogens (tertiary/aromatic N) is 3. The summed E-state index contributed by atoms with van der Waals surface area (Å²) in [6.45, 7) is 17.2. The maximum Gasteiger partial charge on any atom is 0.248 e. The van der Waals surface area contributed by atoms with Crippen LogP contribution < -0.4 is 0 Å². The Labute approximate surface area is 257 Å². The summed E-state index contributed by atoms with van der Waals surface area (Å²) in [5.74, 6) is -2.17. The van der Waals surface area contributed by atoms with Crippen molar-refractivity contribution in [1.29, 1.82) is 0 Å². The number of fused-ring (bicyclic) bond motifs is 1. The van der Waals surface area contributed by atoms with Crippen LogP contribution >= 0.6 is 0 Å². The van der Waals surface area contributed by atoms with Gasteiger partial charge in [-0.3, -0.25) is 14.4 Å². The van der Waals surface area contributed by atoms with Crippen LogP contribution in [0.4, 0.5) is 0 Å². The number of aliphatic hydroxyl groups is 1. The number of rotatable bonds is 16. The van der Waals surface area contributed by atoms with Crippen LogP contribution in [0.3, 0.4) is 0 Å². The normalized spacial score (nSPS) is 28.8. The lowest BCUT2D eigenvalue weighted by atomic mass is 9.64. The van der Waals surface area contributed by atoms with Crippen molar-refractivity contribution in [1.82, 2.24) is 14.7 Å². The summed E-state index contributed by atoms with van der Waals surface area (Å²) in [4.78, 5) is 49.2. The minimum absolute atomic E-state index is 0.0511. The van der Waals surface area contributed by atoms with E-state index in [4.69, 9.17) is 4.74 Å². The number of aliphatic hydroxyl groups excluding tert-OH is 1. The fourth-order valence-electron chi connectivity index (χ4n) is 7.84. The van der Waals surface area contributed by atoms with Crippen LogP contribution in [0.5, 0.6) is 0 Å². The van der Waals surface area contributed by atoms with Gasteiger partial charge in [-0.05, 0) is 37.2 Å². The monoisotopic (exact) mass is 593 g/mol. The first-order valence-corrected chi connectivity index (χ1v) is 16.2. The van der Waals surface area contributed by atoms with E-state index in [1.165, 1.54) is 0 Å². The molecular formula is C35H51N3O5. The maximum atomic E-state index is 14.8. The Morgan fingerprint density at radius 2 is 1.77 bits per heavy atom. The Morgan fingerprint density at radius 3 is 2.35 bits per heavy atom. The highest BCUT2D eigenvalue weighted by molar-refractivity contribution is 5.99. The summed E-state index contributed by atoms with van der Waals surface area (Å²) in [5.41, 5.74) is -0.984. The molecule has 3 amide bonds. The van der Waals surface area contributed by atoms with Gasteiger partial charge >= 0.3 is 0 Å². The van der Waals surface area contributed by atoms with Crippen LogP contribution in [0.25, 0.3) is 0 Å². The molecule has 3 heterocycles. The average molecular weight is 594 g/mol. The molecule has 43 heavy (non-hydrogen) atoms. The van der Waals surface area contributed by atoms with E-state index in [0.717, 1.165) is 24.8 Å². The molecule has 3 saturated heterocycles. The zero-order valence-electron chi connectivity index (χ0n) is 26.5. The first kappa shape index (κ1) is 32.9. The lowest BCUT2D eigenvalue weighted by Crippen LogP contribution is -2.60. The van der Waals surface area contributed by atoms with Gasteiger partial charge in [0.1, 0.15) is 11.6 Å². The van der Waals surface area contributed by atoms with Crippen LogP contribution in [-0.2, 0) is 25.7 Å². The van der Waals surface area contributed by atoms with Crippen LogP contribution in [0.1, 0.15) is 71.8 Å². The Bertz CT molecular complexity index is 1170. The third-order valence-electron chi connectivity index (χ3n) is 10.3. The van der Waals surface area contributed by atoms with Gasteiger partial charge in [-0.15, -0.1) is 13.2 Å². The van der Waals surface area contributed by atoms with Crippen LogP contribution in [0.2, 0.25) is 0 Å². The molecule has 0 radical (unpaired) electrons. The van der Waals surface area contributed by atoms with Crippen molar-refractivity contribution in [2.75, 3.05) is 26.2 Å². The van der Waals surface area contributed by atoms with E-state index in [0.29, 0.717) is 45.4 Å². The van der Waals surface area contributed by atoms with E-state index in [1.807, 2.05) is 51.1 Å². The fourth-order valence-corrected chi connectivity index (χ4v) is 7.84. The van der Waals surface area contributed by atoms with Gasteiger partial charge in [-0.1, -0.05) is 83.0 Å². The Balaban J connectivity index is 1.83. The molecule has 3 aliphatic rings. The molecule has 2 unspecified atom stereocenters. The molecule has 7 atom stereocenters. The number of ether oxygens (including phenoxy) is 1. The minimum Gasteiger partial charge on any atom is -0.394 e. The second kappa shape index (κ2) is 13.8. The Morgan fingerprint density at radius 1 is 1.09 bits per heavy atom. The minimum atomic E-state index is -1.14. The number of benzene rings is 1. The number of amides is 3. The topological polar surface area (TPSA) is 90.4 Å². The Kier molecular flexibility index (Phi) is 10.5. The van der Waals surface area contributed by atoms with Gasteiger partial charge in [0.25, 0.3) is 0 Å². The molecule has 0 aliphatic carbocycles. The Hall–Kier alpha value is -2.97. The predicted octanol–water partition coefficient (Wildman–Crippen LogP) is 4.58. The average Bonchev–Trinajstić information content (AvgIpc) is 3.63. The number of likely N-dealkylation sites (tertiary alicyclic amines) is 1. The zero-order chi connectivity index (χ0) is 31.4. The molecule has 0 aromatic heterocycles. The summed E-state index contributed by atoms with van der Waals surface area (Å²) < 4.78 is 7.02. The first-order chi connectivity index (χ1) is 20.7. The molecule has 1 aromatic rings. The van der Waals surface area contributed by atoms with Gasteiger partial charge in [-0.25, -0.2) is 0 Å². The quantitative estimate of drug-likeness (QED) is 0.284. The third kappa shape index (κ3) is 5.68. The zero-order valence-corrected chi connectivity index (χ0v) is 26.5. The van der Waals surface area contributed by atoms with E-state index in [1.54, 1.807) is 26.9 Å². The number of carbonyl (C=O) groups excluding carboxylic acids is 3. The van der Waals surface area contributed by atoms with Gasteiger partial charge in [0.2, 0.25) is 17.7 Å². The molecule has 4 rings (SSSR count). The van der Waals surface area contributed by atoms with E-state index < -0.39 is 35.1 Å². The summed E-state index contributed by atoms with van der Waals surface area (Å²) in [7, 11) is 0. The maximum absolute atomic E-state index is 14.8. The third-order valence-corrected chi connectivity index (χ3v) is 10.3. The summed E-state index contributed by atoms with van der Waals surface area (Å²) in [6.07, 6.45) is 7.56. The molecule has 236 valence electrons. The van der Waals surface area contributed by atoms with E-state index in [-0.39, 0.29) is 30.2 Å². The van der Waals surface area contributed by atoms with Gasteiger partial charge in [0.05, 0.1) is 30.1 Å². The van der Waals surface area contributed by atoms with E-state index >= 15 is 0 Å². The van der Waals surface area contributed by atoms with Crippen LogP contribution in [-0.4, -0.2) is 87.1 Å². The first-order valence-electron chi connectivity index (χ1n) is 16.2. The van der Waals surface area contributed by atoms with Crippen molar-refractivity contribution in [3.63, 3.8) is 0 Å². The highest BCUT2D eigenvalue weighted by Crippen LogP contribution is 2.65. The lowest BCUT2D eigenvalue weighted by Gasteiger charge is -2.41. The van der Waals surface area contributed by atoms with Crippen molar-refractivity contribution in [2.24, 2.45) is 17.8 Å². The second-order valence-electron chi connectivity index (χ2n) is 12.6. The summed E-state index contributed by atoms with van der Waals surface area (Å²) >= 11 is 0. The molecule has 1 aromatic carbocycles. The van der Waals surface area contributed by atoms with Crippen molar-refractivity contribution < 1.29 is 24.2 Å². The molecule has 8 heteroatoms. The number of unbranched alkanes of at least 4 members (excludes halogenated alkanes) is 1. The predicted molar refractivity (Wildman–Crippen MR) is 168 cm³/mol. The number of hydrogen-bond acceptors (Lipinski definition) is 5. The van der Waals surface area contributed by atoms with E-state index in [9.17, 15) is 19.5 Å². The molecule has 3 aliphatic heterocycles. The molecule has 1 N–H and O–H groups in total. The number of carbonyl (C=O) groups is 3. The molecule has 8 nitrogen and oxygen atoms in total. The van der Waals surface area contributed by atoms with Crippen LogP contribution in [0.15, 0.2) is 55.6 Å². The van der Waals surface area contributed by atoms with Gasteiger partial charge in [0.15, 0.2) is 0 Å². The van der Waals surface area contributed by atoms with Gasteiger partial charge in [-0.2, -0.15) is 0 Å². The summed E-state index contributed by atoms with van der Waals surface area (Å²) in [6, 6.07) is 8.32. The van der Waals surface area contributed by atoms with Crippen molar-refractivity contribution in [2.45, 2.75) is 96.1 Å². The SMILES string of the molecule is C=CCN(CCCC)C(=O)C1N([C@@H](CO)[C@@H](C)CC)C(=O)[C@@H]2[C@H](C(=O)N(CC=C)Cc3ccccc3)[C@]3(CC)CCC12O3. The van der Waals surface area contributed by atoms with Crippen LogP contribution in [0, 0.1) is 17.8 Å².